The number of anilines is 1. The van der Waals surface area contributed by atoms with Crippen LogP contribution in [0.5, 0.6) is 5.88 Å². The number of halogens is 3. The lowest BCUT2D eigenvalue weighted by Gasteiger charge is -2.31. The molecule has 3 heterocycles. The van der Waals surface area contributed by atoms with Crippen molar-refractivity contribution in [3.05, 3.63) is 16.7 Å². The Morgan fingerprint density at radius 3 is 2.68 bits per heavy atom. The molecule has 0 saturated carbocycles. The monoisotopic (exact) mass is 419 g/mol. The highest BCUT2D eigenvalue weighted by Crippen LogP contribution is 2.29. The van der Waals surface area contributed by atoms with Gasteiger partial charge in [-0.05, 0) is 31.4 Å². The normalized spacial score (nSPS) is 22.6. The summed E-state index contributed by atoms with van der Waals surface area (Å²) in [5, 5.41) is 11.8. The second-order valence-electron chi connectivity index (χ2n) is 6.45. The van der Waals surface area contributed by atoms with Gasteiger partial charge in [-0.25, -0.2) is 4.98 Å². The van der Waals surface area contributed by atoms with E-state index in [1.807, 2.05) is 4.90 Å². The minimum Gasteiger partial charge on any atom is -0.468 e. The van der Waals surface area contributed by atoms with Crippen LogP contribution >= 0.6 is 11.8 Å². The lowest BCUT2D eigenvalue weighted by molar-refractivity contribution is -0.154. The predicted molar refractivity (Wildman–Crippen MR) is 97.3 cm³/mol. The first-order chi connectivity index (χ1) is 13.2. The molecule has 0 aromatic carbocycles. The number of aromatic nitrogens is 2. The quantitative estimate of drug-likeness (QED) is 0.608. The number of aliphatic hydroxyl groups is 1. The van der Waals surface area contributed by atoms with Crippen molar-refractivity contribution in [3.8, 4) is 5.88 Å². The fourth-order valence-electron chi connectivity index (χ4n) is 2.86. The predicted octanol–water partition coefficient (Wildman–Crippen LogP) is 1.07. The van der Waals surface area contributed by atoms with Crippen molar-refractivity contribution in [1.29, 1.82) is 0 Å². The molecule has 1 aromatic rings. The molecule has 2 saturated heterocycles. The third kappa shape index (κ3) is 5.49. The van der Waals surface area contributed by atoms with Crippen LogP contribution in [0.15, 0.2) is 11.0 Å². The molecule has 2 fully saturated rings. The molecule has 0 aliphatic carbocycles. The van der Waals surface area contributed by atoms with Crippen molar-refractivity contribution in [2.75, 3.05) is 31.1 Å². The van der Waals surface area contributed by atoms with E-state index in [0.29, 0.717) is 25.6 Å². The van der Waals surface area contributed by atoms with Crippen LogP contribution < -0.4 is 20.7 Å². The van der Waals surface area contributed by atoms with Crippen molar-refractivity contribution in [2.24, 2.45) is 11.7 Å². The number of ether oxygens (including phenoxy) is 1. The number of amides is 1. The highest BCUT2D eigenvalue weighted by molar-refractivity contribution is 8.05. The van der Waals surface area contributed by atoms with E-state index >= 15 is 0 Å². The van der Waals surface area contributed by atoms with Crippen LogP contribution in [0.4, 0.5) is 19.1 Å². The number of piperidine rings is 1. The first-order valence-corrected chi connectivity index (χ1v) is 9.52. The zero-order chi connectivity index (χ0) is 20.3. The Labute approximate surface area is 163 Å². The van der Waals surface area contributed by atoms with E-state index in [4.69, 9.17) is 10.5 Å². The Morgan fingerprint density at radius 2 is 2.11 bits per heavy atom. The Morgan fingerprint density at radius 1 is 1.39 bits per heavy atom. The molecule has 1 unspecified atom stereocenters. The topological polar surface area (TPSA) is 114 Å². The van der Waals surface area contributed by atoms with E-state index < -0.39 is 24.3 Å². The fourth-order valence-corrected chi connectivity index (χ4v) is 3.63. The summed E-state index contributed by atoms with van der Waals surface area (Å²) < 4.78 is 42.3. The van der Waals surface area contributed by atoms with E-state index in [1.54, 1.807) is 0 Å². The number of nitrogens with two attached hydrogens (primary N) is 1. The Bertz CT molecular complexity index is 754. The Hall–Kier alpha value is -2.05. The van der Waals surface area contributed by atoms with Gasteiger partial charge in [0, 0.05) is 19.2 Å². The molecular formula is C16H20F3N5O3S. The summed E-state index contributed by atoms with van der Waals surface area (Å²) in [6.45, 7) is 0.335. The van der Waals surface area contributed by atoms with E-state index in [1.165, 1.54) is 12.1 Å². The van der Waals surface area contributed by atoms with Crippen LogP contribution in [0.1, 0.15) is 18.5 Å². The molecule has 0 bridgehead atoms. The van der Waals surface area contributed by atoms with Gasteiger partial charge in [0.2, 0.25) is 11.8 Å². The first-order valence-electron chi connectivity index (χ1n) is 8.64. The molecule has 12 heteroatoms. The van der Waals surface area contributed by atoms with Gasteiger partial charge in [0.25, 0.3) is 5.91 Å². The molecule has 2 aliphatic heterocycles. The number of hydrogen-bond donors (Lipinski definition) is 3. The fraction of sp³-hybridized carbons (Fsp3) is 0.562. The van der Waals surface area contributed by atoms with Crippen LogP contribution in [0.2, 0.25) is 0 Å². The van der Waals surface area contributed by atoms with Gasteiger partial charge in [-0.2, -0.15) is 18.2 Å². The molecule has 4 N–H and O–H groups in total. The number of carbonyl (C=O) groups is 1. The average molecular weight is 419 g/mol. The third-order valence-electron chi connectivity index (χ3n) is 4.32. The van der Waals surface area contributed by atoms with Crippen molar-refractivity contribution in [1.82, 2.24) is 15.3 Å². The maximum Gasteiger partial charge on any atom is 0.422 e. The van der Waals surface area contributed by atoms with Gasteiger partial charge < -0.3 is 25.8 Å². The number of hydrogen-bond acceptors (Lipinski definition) is 8. The molecule has 1 amide bonds. The molecule has 154 valence electrons. The summed E-state index contributed by atoms with van der Waals surface area (Å²) in [6.07, 6.45) is -1.47. The van der Waals surface area contributed by atoms with Crippen molar-refractivity contribution >= 4 is 29.7 Å². The van der Waals surface area contributed by atoms with E-state index in [0.717, 1.165) is 24.6 Å². The van der Waals surface area contributed by atoms with Crippen LogP contribution in [0.3, 0.4) is 0 Å². The maximum atomic E-state index is 12.5. The average Bonchev–Trinajstić information content (AvgIpc) is 2.96. The SMILES string of the molecule is NCC1CCN(c2nc(C=C3SC(O)NC3=O)cc(OCC(F)(F)F)n2)CC1. The van der Waals surface area contributed by atoms with Crippen LogP contribution in [-0.2, 0) is 4.79 Å². The number of thioether (sulfide) groups is 1. The van der Waals surface area contributed by atoms with Crippen molar-refractivity contribution in [3.63, 3.8) is 0 Å². The second kappa shape index (κ2) is 8.53. The summed E-state index contributed by atoms with van der Waals surface area (Å²) in [5.74, 6) is -0.105. The number of alkyl halides is 3. The summed E-state index contributed by atoms with van der Waals surface area (Å²) in [7, 11) is 0. The molecule has 1 aromatic heterocycles. The number of aliphatic hydroxyl groups excluding tert-OH is 1. The van der Waals surface area contributed by atoms with Crippen molar-refractivity contribution in [2.45, 2.75) is 24.6 Å². The Balaban J connectivity index is 1.86. The zero-order valence-electron chi connectivity index (χ0n) is 14.8. The zero-order valence-corrected chi connectivity index (χ0v) is 15.6. The van der Waals surface area contributed by atoms with Gasteiger partial charge in [0.05, 0.1) is 10.6 Å². The largest absolute Gasteiger partial charge is 0.468 e. The maximum absolute atomic E-state index is 12.5. The molecule has 28 heavy (non-hydrogen) atoms. The third-order valence-corrected chi connectivity index (χ3v) is 5.22. The highest BCUT2D eigenvalue weighted by Gasteiger charge is 2.30. The minimum atomic E-state index is -4.51. The summed E-state index contributed by atoms with van der Waals surface area (Å²) in [4.78, 5) is 22.3. The Kier molecular flexibility index (Phi) is 6.30. The van der Waals surface area contributed by atoms with Gasteiger partial charge >= 0.3 is 6.18 Å². The minimum absolute atomic E-state index is 0.195. The number of nitrogens with zero attached hydrogens (tertiary/aromatic N) is 3. The van der Waals surface area contributed by atoms with Gasteiger partial charge in [-0.3, -0.25) is 4.79 Å². The van der Waals surface area contributed by atoms with E-state index in [-0.39, 0.29) is 22.4 Å². The molecule has 1 atom stereocenters. The second-order valence-corrected chi connectivity index (χ2v) is 7.58. The number of nitrogens with one attached hydrogen (secondary N) is 1. The number of rotatable bonds is 5. The van der Waals surface area contributed by atoms with E-state index in [2.05, 4.69) is 15.3 Å². The standard InChI is InChI=1S/C16H20F3N5O3S/c17-16(18,19)8-27-12-6-10(5-11-13(25)23-15(26)28-11)21-14(22-12)24-3-1-9(7-20)2-4-24/h5-6,9,15,26H,1-4,7-8,20H2,(H,23,25). The van der Waals surface area contributed by atoms with Gasteiger partial charge in [0.1, 0.15) is 0 Å². The van der Waals surface area contributed by atoms with Crippen LogP contribution in [-0.4, -0.2) is 59.0 Å². The number of carbonyl (C=O) groups excluding carboxylic acids is 1. The molecule has 3 rings (SSSR count). The molecule has 0 spiro atoms. The summed E-state index contributed by atoms with van der Waals surface area (Å²) >= 11 is 0.884. The summed E-state index contributed by atoms with van der Waals surface area (Å²) in [5.41, 5.74) is 4.83. The lowest BCUT2D eigenvalue weighted by Crippen LogP contribution is -2.37. The van der Waals surface area contributed by atoms with Crippen molar-refractivity contribution < 1.29 is 27.8 Å². The van der Waals surface area contributed by atoms with Crippen LogP contribution in [0, 0.1) is 5.92 Å². The molecular weight excluding hydrogens is 399 g/mol. The smallest absolute Gasteiger partial charge is 0.422 e. The van der Waals surface area contributed by atoms with Gasteiger partial charge in [-0.15, -0.1) is 0 Å². The first kappa shape index (κ1) is 20.7. The van der Waals surface area contributed by atoms with E-state index in [9.17, 15) is 23.1 Å². The van der Waals surface area contributed by atoms with Gasteiger partial charge in [0.15, 0.2) is 12.2 Å². The highest BCUT2D eigenvalue weighted by atomic mass is 32.2. The molecule has 8 nitrogen and oxygen atoms in total. The summed E-state index contributed by atoms with van der Waals surface area (Å²) in [6, 6.07) is 1.23. The molecule has 0 radical (unpaired) electrons. The van der Waals surface area contributed by atoms with Gasteiger partial charge in [-0.1, -0.05) is 11.8 Å². The molecule has 2 aliphatic rings. The lowest BCUT2D eigenvalue weighted by atomic mass is 9.97. The van der Waals surface area contributed by atoms with Crippen LogP contribution in [0.25, 0.3) is 6.08 Å².